The van der Waals surface area contributed by atoms with E-state index in [2.05, 4.69) is 25.3 Å². The summed E-state index contributed by atoms with van der Waals surface area (Å²) in [5.41, 5.74) is 5.98. The highest BCUT2D eigenvalue weighted by Crippen LogP contribution is 2.35. The van der Waals surface area contributed by atoms with Crippen LogP contribution >= 0.6 is 34.8 Å². The molecule has 0 bridgehead atoms. The van der Waals surface area contributed by atoms with E-state index >= 15 is 4.39 Å². The summed E-state index contributed by atoms with van der Waals surface area (Å²) in [5.74, 6) is -1.66. The maximum Gasteiger partial charge on any atom is 0.413 e. The van der Waals surface area contributed by atoms with E-state index in [-0.39, 0.29) is 45.4 Å². The Morgan fingerprint density at radius 2 is 1.97 bits per heavy atom. The molecule has 3 aromatic rings. The average molecular weight is 503 g/mol. The number of rotatable bonds is 6. The monoisotopic (exact) mass is 501 g/mol. The van der Waals surface area contributed by atoms with Gasteiger partial charge in [-0.2, -0.15) is 4.98 Å². The first-order valence-corrected chi connectivity index (χ1v) is 9.90. The highest BCUT2D eigenvalue weighted by atomic mass is 35.5. The lowest BCUT2D eigenvalue weighted by atomic mass is 10.2. The van der Waals surface area contributed by atoms with Gasteiger partial charge in [0, 0.05) is 28.9 Å². The highest BCUT2D eigenvalue weighted by Gasteiger charge is 2.20. The third-order valence-corrected chi connectivity index (χ3v) is 4.76. The van der Waals surface area contributed by atoms with Crippen molar-refractivity contribution >= 4 is 58.4 Å². The van der Waals surface area contributed by atoms with Gasteiger partial charge in [0.05, 0.1) is 12.1 Å². The summed E-state index contributed by atoms with van der Waals surface area (Å²) in [6.07, 6.45) is -0.806. The SMILES string of the molecule is COC(=O)Nc1nc(Cl)c(C(=O)NCc2ccc(Cl)c(Oc3cc(N)cc(Cl)c3)c2F)[nH]1. The van der Waals surface area contributed by atoms with Crippen LogP contribution in [0.4, 0.5) is 20.8 Å². The van der Waals surface area contributed by atoms with E-state index in [4.69, 9.17) is 45.3 Å². The van der Waals surface area contributed by atoms with Gasteiger partial charge in [-0.1, -0.05) is 40.9 Å². The topological polar surface area (TPSA) is 131 Å². The Balaban J connectivity index is 1.75. The first kappa shape index (κ1) is 23.5. The van der Waals surface area contributed by atoms with Crippen LogP contribution in [0.3, 0.4) is 0 Å². The fourth-order valence-electron chi connectivity index (χ4n) is 2.54. The number of nitrogen functional groups attached to an aromatic ring is 1. The number of H-pyrrole nitrogens is 1. The molecule has 0 radical (unpaired) electrons. The van der Waals surface area contributed by atoms with Crippen molar-refractivity contribution in [1.82, 2.24) is 15.3 Å². The van der Waals surface area contributed by atoms with E-state index in [1.165, 1.54) is 30.3 Å². The minimum atomic E-state index is -0.806. The molecule has 0 aliphatic heterocycles. The lowest BCUT2D eigenvalue weighted by Gasteiger charge is -2.13. The normalized spacial score (nSPS) is 10.5. The van der Waals surface area contributed by atoms with Gasteiger partial charge in [-0.05, 0) is 18.2 Å². The second-order valence-electron chi connectivity index (χ2n) is 6.22. The van der Waals surface area contributed by atoms with Gasteiger partial charge in [-0.25, -0.2) is 9.18 Å². The molecule has 0 spiro atoms. The molecule has 13 heteroatoms. The van der Waals surface area contributed by atoms with E-state index in [0.29, 0.717) is 10.7 Å². The maximum atomic E-state index is 15.0. The summed E-state index contributed by atoms with van der Waals surface area (Å²) in [6.45, 7) is -0.231. The van der Waals surface area contributed by atoms with Crippen LogP contribution in [0, 0.1) is 5.82 Å². The zero-order valence-electron chi connectivity index (χ0n) is 16.3. The molecule has 0 saturated heterocycles. The second kappa shape index (κ2) is 9.94. The highest BCUT2D eigenvalue weighted by molar-refractivity contribution is 6.33. The molecule has 0 unspecified atom stereocenters. The predicted octanol–water partition coefficient (Wildman–Crippen LogP) is 4.99. The molecule has 168 valence electrons. The molecule has 1 heterocycles. The van der Waals surface area contributed by atoms with Crippen molar-refractivity contribution in [2.45, 2.75) is 6.54 Å². The third-order valence-electron chi connectivity index (χ3n) is 3.97. The molecule has 0 fully saturated rings. The first-order chi connectivity index (χ1) is 15.2. The van der Waals surface area contributed by atoms with Gasteiger partial charge in [0.15, 0.2) is 16.7 Å². The summed E-state index contributed by atoms with van der Waals surface area (Å²) < 4.78 is 25.0. The third kappa shape index (κ3) is 5.52. The molecular weight excluding hydrogens is 488 g/mol. The Kier molecular flexibility index (Phi) is 7.29. The number of imidazole rings is 1. The molecule has 2 amide bonds. The quantitative estimate of drug-likeness (QED) is 0.351. The molecule has 2 aromatic carbocycles. The van der Waals surface area contributed by atoms with Crippen LogP contribution in [0.15, 0.2) is 30.3 Å². The minimum Gasteiger partial charge on any atom is -0.453 e. The summed E-state index contributed by atoms with van der Waals surface area (Å²) in [4.78, 5) is 30.0. The molecular formula is C19H15Cl3FN5O4. The Morgan fingerprint density at radius 1 is 1.22 bits per heavy atom. The second-order valence-corrected chi connectivity index (χ2v) is 7.42. The number of hydrogen-bond donors (Lipinski definition) is 4. The first-order valence-electron chi connectivity index (χ1n) is 8.77. The Labute approximate surface area is 195 Å². The largest absolute Gasteiger partial charge is 0.453 e. The number of aromatic amines is 1. The number of aromatic nitrogens is 2. The summed E-state index contributed by atoms with van der Waals surface area (Å²) in [6, 6.07) is 7.20. The van der Waals surface area contributed by atoms with E-state index in [0.717, 1.165) is 7.11 Å². The van der Waals surface area contributed by atoms with Gasteiger partial charge >= 0.3 is 6.09 Å². The van der Waals surface area contributed by atoms with Crippen LogP contribution in [0.25, 0.3) is 0 Å². The van der Waals surface area contributed by atoms with Gasteiger partial charge in [0.2, 0.25) is 5.95 Å². The van der Waals surface area contributed by atoms with Crippen LogP contribution in [0.2, 0.25) is 15.2 Å². The lowest BCUT2D eigenvalue weighted by molar-refractivity contribution is 0.0946. The molecule has 3 rings (SSSR count). The zero-order chi connectivity index (χ0) is 23.4. The minimum absolute atomic E-state index is 0.00580. The summed E-state index contributed by atoms with van der Waals surface area (Å²) in [7, 11) is 1.16. The summed E-state index contributed by atoms with van der Waals surface area (Å²) in [5, 5.41) is 4.83. The van der Waals surface area contributed by atoms with Crippen molar-refractivity contribution in [2.75, 3.05) is 18.2 Å². The Hall–Kier alpha value is -3.21. The molecule has 0 atom stereocenters. The average Bonchev–Trinajstić information content (AvgIpc) is 3.09. The number of anilines is 2. The standard InChI is InChI=1S/C19H15Cl3FN5O4/c1-31-19(30)28-18-26-14(16(22)27-18)17(29)25-7-8-2-3-12(21)15(13(8)23)32-11-5-9(20)4-10(24)6-11/h2-6H,7,24H2,1H3,(H,25,29)(H2,26,27,28,30). The number of nitrogens with one attached hydrogen (secondary N) is 3. The van der Waals surface area contributed by atoms with Crippen molar-refractivity contribution < 1.29 is 23.5 Å². The predicted molar refractivity (Wildman–Crippen MR) is 118 cm³/mol. The van der Waals surface area contributed by atoms with Crippen molar-refractivity contribution in [2.24, 2.45) is 0 Å². The fourth-order valence-corrected chi connectivity index (χ4v) is 3.17. The van der Waals surface area contributed by atoms with Crippen molar-refractivity contribution in [3.05, 3.63) is 62.6 Å². The summed E-state index contributed by atoms with van der Waals surface area (Å²) >= 11 is 17.9. The number of carbonyl (C=O) groups is 2. The number of nitrogens with two attached hydrogens (primary N) is 1. The van der Waals surface area contributed by atoms with Gasteiger partial charge in [0.25, 0.3) is 5.91 Å². The number of benzene rings is 2. The van der Waals surface area contributed by atoms with Gasteiger partial charge in [-0.15, -0.1) is 0 Å². The fraction of sp³-hybridized carbons (Fsp3) is 0.105. The van der Waals surface area contributed by atoms with Crippen molar-refractivity contribution in [3.63, 3.8) is 0 Å². The number of halogens is 4. The van der Waals surface area contributed by atoms with Gasteiger partial charge in [-0.3, -0.25) is 10.1 Å². The molecule has 1 aromatic heterocycles. The lowest BCUT2D eigenvalue weighted by Crippen LogP contribution is -2.24. The number of hydrogen-bond acceptors (Lipinski definition) is 6. The molecule has 0 aliphatic carbocycles. The Morgan fingerprint density at radius 3 is 2.66 bits per heavy atom. The maximum absolute atomic E-state index is 15.0. The number of amides is 2. The zero-order valence-corrected chi connectivity index (χ0v) is 18.5. The van der Waals surface area contributed by atoms with E-state index < -0.39 is 17.8 Å². The van der Waals surface area contributed by atoms with Crippen molar-refractivity contribution in [1.29, 1.82) is 0 Å². The molecule has 0 saturated carbocycles. The van der Waals surface area contributed by atoms with E-state index in [1.807, 2.05) is 0 Å². The van der Waals surface area contributed by atoms with Crippen LogP contribution in [0.1, 0.15) is 16.1 Å². The van der Waals surface area contributed by atoms with Gasteiger partial charge in [0.1, 0.15) is 11.4 Å². The number of carbonyl (C=O) groups excluding carboxylic acids is 2. The van der Waals surface area contributed by atoms with Crippen LogP contribution < -0.4 is 21.1 Å². The smallest absolute Gasteiger partial charge is 0.413 e. The van der Waals surface area contributed by atoms with Crippen LogP contribution in [-0.2, 0) is 11.3 Å². The molecule has 32 heavy (non-hydrogen) atoms. The Bertz CT molecular complexity index is 1170. The number of ether oxygens (including phenoxy) is 2. The molecule has 9 nitrogen and oxygen atoms in total. The molecule has 0 aliphatic rings. The van der Waals surface area contributed by atoms with E-state index in [9.17, 15) is 9.59 Å². The van der Waals surface area contributed by atoms with Gasteiger partial charge < -0.3 is 25.5 Å². The van der Waals surface area contributed by atoms with Crippen molar-refractivity contribution in [3.8, 4) is 11.5 Å². The number of nitrogens with zero attached hydrogens (tertiary/aromatic N) is 1. The van der Waals surface area contributed by atoms with E-state index in [1.54, 1.807) is 0 Å². The van der Waals surface area contributed by atoms with Crippen LogP contribution in [0.5, 0.6) is 11.5 Å². The van der Waals surface area contributed by atoms with Crippen LogP contribution in [-0.4, -0.2) is 29.1 Å². The molecule has 5 N–H and O–H groups in total. The number of methoxy groups -OCH3 is 1.